The van der Waals surface area contributed by atoms with E-state index in [9.17, 15) is 13.0 Å². The summed E-state index contributed by atoms with van der Waals surface area (Å²) in [6, 6.07) is 2.49. The SMILES string of the molecule is O=S(=O)([O-])c1c(-c2c(Cl)c(Cl)c(Cl)c(Cl)c2Cl)ccc(Cl)c1Cl.[Na+]. The van der Waals surface area contributed by atoms with Crippen molar-refractivity contribution in [2.24, 2.45) is 0 Å². The number of rotatable bonds is 2. The molecule has 0 spiro atoms. The van der Waals surface area contributed by atoms with Crippen molar-refractivity contribution in [3.05, 3.63) is 47.3 Å². The topological polar surface area (TPSA) is 57.2 Å². The van der Waals surface area contributed by atoms with E-state index in [1.165, 1.54) is 12.1 Å². The van der Waals surface area contributed by atoms with Crippen LogP contribution in [0.1, 0.15) is 0 Å². The number of hydrogen-bond acceptors (Lipinski definition) is 3. The molecule has 24 heavy (non-hydrogen) atoms. The summed E-state index contributed by atoms with van der Waals surface area (Å²) in [4.78, 5) is -0.787. The Kier molecular flexibility index (Phi) is 8.39. The Morgan fingerprint density at radius 1 is 0.708 bits per heavy atom. The first-order chi connectivity index (χ1) is 10.5. The Morgan fingerprint density at radius 2 is 1.12 bits per heavy atom. The van der Waals surface area contributed by atoms with Crippen LogP contribution in [0.5, 0.6) is 0 Å². The first-order valence-corrected chi connectivity index (χ1v) is 9.49. The van der Waals surface area contributed by atoms with Crippen molar-refractivity contribution in [3.63, 3.8) is 0 Å². The Labute approximate surface area is 195 Å². The molecule has 0 saturated carbocycles. The van der Waals surface area contributed by atoms with Gasteiger partial charge in [-0.15, -0.1) is 0 Å². The minimum absolute atomic E-state index is 0. The van der Waals surface area contributed by atoms with Crippen LogP contribution in [0.3, 0.4) is 0 Å². The molecule has 0 N–H and O–H groups in total. The van der Waals surface area contributed by atoms with Gasteiger partial charge >= 0.3 is 29.6 Å². The van der Waals surface area contributed by atoms with Crippen molar-refractivity contribution >= 4 is 91.3 Å². The Balaban J connectivity index is 0.00000288. The fraction of sp³-hybridized carbons (Fsp3) is 0. The normalized spacial score (nSPS) is 11.3. The molecule has 0 aliphatic heterocycles. The standard InChI is InChI=1S/C12H3Cl7O3S.Na/c13-4-2-1-3(12(6(4)14)23(20,21)22)5-7(15)9(17)11(19)10(18)8(5)16;/h1-2H,(H,20,21,22);/q;+1/p-1. The maximum Gasteiger partial charge on any atom is 1.00 e. The van der Waals surface area contributed by atoms with E-state index in [1.807, 2.05) is 0 Å². The van der Waals surface area contributed by atoms with Crippen LogP contribution >= 0.6 is 81.2 Å². The van der Waals surface area contributed by atoms with Crippen LogP contribution in [-0.4, -0.2) is 13.0 Å². The third-order valence-electron chi connectivity index (χ3n) is 2.78. The molecule has 0 fully saturated rings. The summed E-state index contributed by atoms with van der Waals surface area (Å²) in [5.74, 6) is 0. The molecule has 0 atom stereocenters. The van der Waals surface area contributed by atoms with Crippen molar-refractivity contribution in [1.29, 1.82) is 0 Å². The van der Waals surface area contributed by atoms with Crippen LogP contribution in [0.4, 0.5) is 0 Å². The van der Waals surface area contributed by atoms with Crippen LogP contribution < -0.4 is 29.6 Å². The zero-order valence-electron chi connectivity index (χ0n) is 11.4. The second-order valence-electron chi connectivity index (χ2n) is 4.14. The van der Waals surface area contributed by atoms with Gasteiger partial charge in [-0.3, -0.25) is 0 Å². The third-order valence-corrected chi connectivity index (χ3v) is 6.90. The van der Waals surface area contributed by atoms with Crippen LogP contribution in [-0.2, 0) is 10.1 Å². The Hall–Kier alpha value is 1.38. The summed E-state index contributed by atoms with van der Waals surface area (Å²) >= 11 is 41.6. The molecule has 0 aliphatic rings. The fourth-order valence-corrected chi connectivity index (χ4v) is 4.59. The van der Waals surface area contributed by atoms with Gasteiger partial charge in [0.05, 0.1) is 40.1 Å². The van der Waals surface area contributed by atoms with Crippen molar-refractivity contribution in [1.82, 2.24) is 0 Å². The average Bonchev–Trinajstić information content (AvgIpc) is 2.45. The van der Waals surface area contributed by atoms with E-state index in [4.69, 9.17) is 81.2 Å². The van der Waals surface area contributed by atoms with Gasteiger partial charge in [-0.1, -0.05) is 87.3 Å². The van der Waals surface area contributed by atoms with Crippen LogP contribution in [0.15, 0.2) is 17.0 Å². The molecule has 124 valence electrons. The largest absolute Gasteiger partial charge is 1.00 e. The summed E-state index contributed by atoms with van der Waals surface area (Å²) in [6.45, 7) is 0. The van der Waals surface area contributed by atoms with Crippen molar-refractivity contribution in [2.45, 2.75) is 4.90 Å². The monoisotopic (exact) mass is 494 g/mol. The molecule has 3 nitrogen and oxygen atoms in total. The van der Waals surface area contributed by atoms with Crippen LogP contribution in [0, 0.1) is 0 Å². The predicted octanol–water partition coefficient (Wildman–Crippen LogP) is 3.84. The summed E-state index contributed by atoms with van der Waals surface area (Å²) in [6.07, 6.45) is 0. The van der Waals surface area contributed by atoms with Crippen molar-refractivity contribution < 1.29 is 42.5 Å². The second kappa shape index (κ2) is 8.59. The third kappa shape index (κ3) is 4.27. The van der Waals surface area contributed by atoms with Crippen molar-refractivity contribution in [2.75, 3.05) is 0 Å². The zero-order chi connectivity index (χ0) is 17.7. The van der Waals surface area contributed by atoms with Gasteiger partial charge in [0.2, 0.25) is 0 Å². The van der Waals surface area contributed by atoms with E-state index >= 15 is 0 Å². The molecule has 0 heterocycles. The van der Waals surface area contributed by atoms with Gasteiger partial charge in [-0.2, -0.15) is 0 Å². The molecular weight excluding hydrogens is 495 g/mol. The quantitative estimate of drug-likeness (QED) is 0.274. The first kappa shape index (κ1) is 23.4. The van der Waals surface area contributed by atoms with Gasteiger partial charge < -0.3 is 4.55 Å². The smallest absolute Gasteiger partial charge is 0.744 e. The molecule has 0 unspecified atom stereocenters. The maximum absolute atomic E-state index is 11.6. The first-order valence-electron chi connectivity index (χ1n) is 5.44. The minimum atomic E-state index is -5.01. The van der Waals surface area contributed by atoms with Gasteiger partial charge in [0.15, 0.2) is 0 Å². The molecule has 0 aromatic heterocycles. The van der Waals surface area contributed by atoms with E-state index in [1.54, 1.807) is 0 Å². The van der Waals surface area contributed by atoms with E-state index in [0.29, 0.717) is 0 Å². The molecule has 0 saturated heterocycles. The predicted molar refractivity (Wildman–Crippen MR) is 94.9 cm³/mol. The van der Waals surface area contributed by atoms with Gasteiger partial charge in [0, 0.05) is 11.1 Å². The molecular formula is C12H2Cl7NaO3S. The van der Waals surface area contributed by atoms with Gasteiger partial charge in [0.25, 0.3) is 0 Å². The molecule has 0 aliphatic carbocycles. The van der Waals surface area contributed by atoms with Gasteiger partial charge in [0.1, 0.15) is 10.1 Å². The van der Waals surface area contributed by atoms with Crippen LogP contribution in [0.2, 0.25) is 35.2 Å². The Bertz CT molecular complexity index is 902. The van der Waals surface area contributed by atoms with E-state index in [0.717, 1.165) is 0 Å². The van der Waals surface area contributed by atoms with E-state index in [2.05, 4.69) is 0 Å². The van der Waals surface area contributed by atoms with Gasteiger partial charge in [-0.05, 0) is 6.07 Å². The van der Waals surface area contributed by atoms with Crippen molar-refractivity contribution in [3.8, 4) is 11.1 Å². The number of halogens is 7. The maximum atomic E-state index is 11.6. The molecule has 12 heteroatoms. The Morgan fingerprint density at radius 3 is 1.54 bits per heavy atom. The zero-order valence-corrected chi connectivity index (χ0v) is 19.5. The van der Waals surface area contributed by atoms with Gasteiger partial charge in [-0.25, -0.2) is 8.42 Å². The number of hydrogen-bond donors (Lipinski definition) is 0. The molecule has 0 amide bonds. The molecule has 0 bridgehead atoms. The van der Waals surface area contributed by atoms with Crippen LogP contribution in [0.25, 0.3) is 11.1 Å². The average molecular weight is 497 g/mol. The second-order valence-corrected chi connectivity index (χ2v) is 8.13. The molecule has 0 radical (unpaired) electrons. The molecule has 2 aromatic rings. The van der Waals surface area contributed by atoms with E-state index < -0.39 is 20.0 Å². The summed E-state index contributed by atoms with van der Waals surface area (Å²) in [5.41, 5.74) is -0.286. The summed E-state index contributed by atoms with van der Waals surface area (Å²) < 4.78 is 34.7. The summed E-state index contributed by atoms with van der Waals surface area (Å²) in [5, 5.41) is -1.39. The van der Waals surface area contributed by atoms with E-state index in [-0.39, 0.29) is 70.8 Å². The fourth-order valence-electron chi connectivity index (χ4n) is 1.81. The summed E-state index contributed by atoms with van der Waals surface area (Å²) in [7, 11) is -5.01. The molecule has 2 aromatic carbocycles. The molecule has 2 rings (SSSR count). The minimum Gasteiger partial charge on any atom is -0.744 e. The number of benzene rings is 2.